The second-order valence-corrected chi connectivity index (χ2v) is 5.30. The monoisotopic (exact) mass is 317 g/mol. The zero-order valence-corrected chi connectivity index (χ0v) is 11.6. The van der Waals surface area contributed by atoms with Crippen molar-refractivity contribution < 1.29 is 5.11 Å². The molecule has 1 atom stereocenters. The fraction of sp³-hybridized carbons (Fsp3) is 0.143. The van der Waals surface area contributed by atoms with E-state index < -0.39 is 0 Å². The molecule has 0 aliphatic carbocycles. The standard InChI is InChI=1S/C14H12BrN3O/c15-10-1-2-14(19)11(7-10)13-8-12(17-18-13)9-3-5-16-6-4-9/h1-7,12,17,19H,8H2. The number of aromatic nitrogens is 1. The Hall–Kier alpha value is -1.88. The molecular weight excluding hydrogens is 306 g/mol. The SMILES string of the molecule is Oc1ccc(Br)cc1C1=NNC(c2ccncc2)C1. The molecule has 0 saturated carbocycles. The lowest BCUT2D eigenvalue weighted by atomic mass is 9.99. The lowest BCUT2D eigenvalue weighted by Crippen LogP contribution is -2.09. The molecule has 96 valence electrons. The minimum Gasteiger partial charge on any atom is -0.507 e. The van der Waals surface area contributed by atoms with Gasteiger partial charge in [0.05, 0.1) is 11.8 Å². The van der Waals surface area contributed by atoms with Crippen LogP contribution in [0.15, 0.2) is 52.3 Å². The van der Waals surface area contributed by atoms with Gasteiger partial charge in [-0.2, -0.15) is 5.10 Å². The first-order valence-corrected chi connectivity index (χ1v) is 6.74. The maximum Gasteiger partial charge on any atom is 0.124 e. The highest BCUT2D eigenvalue weighted by Crippen LogP contribution is 2.29. The Morgan fingerprint density at radius 1 is 1.21 bits per heavy atom. The molecule has 3 rings (SSSR count). The van der Waals surface area contributed by atoms with E-state index in [1.165, 1.54) is 0 Å². The Labute approximate surface area is 119 Å². The van der Waals surface area contributed by atoms with Crippen LogP contribution in [-0.2, 0) is 0 Å². The third kappa shape index (κ3) is 2.46. The van der Waals surface area contributed by atoms with Crippen LogP contribution in [-0.4, -0.2) is 15.8 Å². The normalized spacial score (nSPS) is 17.9. The van der Waals surface area contributed by atoms with Gasteiger partial charge in [-0.15, -0.1) is 0 Å². The van der Waals surface area contributed by atoms with E-state index in [0.29, 0.717) is 0 Å². The molecule has 1 unspecified atom stereocenters. The van der Waals surface area contributed by atoms with Crippen LogP contribution in [0, 0.1) is 0 Å². The van der Waals surface area contributed by atoms with Gasteiger partial charge in [-0.3, -0.25) is 4.98 Å². The van der Waals surface area contributed by atoms with Crippen LogP contribution in [0.1, 0.15) is 23.6 Å². The average Bonchev–Trinajstić information content (AvgIpc) is 2.92. The number of pyridine rings is 1. The van der Waals surface area contributed by atoms with Gasteiger partial charge < -0.3 is 10.5 Å². The summed E-state index contributed by atoms with van der Waals surface area (Å²) in [6.45, 7) is 0. The number of nitrogens with zero attached hydrogens (tertiary/aromatic N) is 2. The highest BCUT2D eigenvalue weighted by Gasteiger charge is 2.22. The Bertz CT molecular complexity index is 628. The van der Waals surface area contributed by atoms with Gasteiger partial charge in [0, 0.05) is 28.9 Å². The average molecular weight is 318 g/mol. The third-order valence-electron chi connectivity index (χ3n) is 3.13. The third-order valence-corrected chi connectivity index (χ3v) is 3.62. The zero-order valence-electron chi connectivity index (χ0n) is 10.0. The van der Waals surface area contributed by atoms with Crippen molar-refractivity contribution in [3.63, 3.8) is 0 Å². The van der Waals surface area contributed by atoms with E-state index in [1.807, 2.05) is 24.3 Å². The van der Waals surface area contributed by atoms with Crippen LogP contribution >= 0.6 is 15.9 Å². The van der Waals surface area contributed by atoms with Crippen LogP contribution in [0.4, 0.5) is 0 Å². The topological polar surface area (TPSA) is 57.5 Å². The quantitative estimate of drug-likeness (QED) is 0.895. The second-order valence-electron chi connectivity index (χ2n) is 4.39. The number of benzene rings is 1. The predicted octanol–water partition coefficient (Wildman–Crippen LogP) is 2.99. The second kappa shape index (κ2) is 5.01. The summed E-state index contributed by atoms with van der Waals surface area (Å²) in [5.74, 6) is 0.249. The van der Waals surface area contributed by atoms with E-state index in [-0.39, 0.29) is 11.8 Å². The molecule has 5 heteroatoms. The number of aromatic hydroxyl groups is 1. The fourth-order valence-corrected chi connectivity index (χ4v) is 2.50. The maximum absolute atomic E-state index is 9.91. The number of halogens is 1. The van der Waals surface area contributed by atoms with Gasteiger partial charge in [0.2, 0.25) is 0 Å². The van der Waals surface area contributed by atoms with Crippen LogP contribution in [0.5, 0.6) is 5.75 Å². The largest absolute Gasteiger partial charge is 0.507 e. The van der Waals surface area contributed by atoms with E-state index in [0.717, 1.165) is 27.7 Å². The first kappa shape index (κ1) is 12.2. The lowest BCUT2D eigenvalue weighted by Gasteiger charge is -2.09. The summed E-state index contributed by atoms with van der Waals surface area (Å²) < 4.78 is 0.926. The van der Waals surface area contributed by atoms with Crippen molar-refractivity contribution in [3.8, 4) is 5.75 Å². The summed E-state index contributed by atoms with van der Waals surface area (Å²) in [5, 5.41) is 14.2. The van der Waals surface area contributed by atoms with Gasteiger partial charge >= 0.3 is 0 Å². The summed E-state index contributed by atoms with van der Waals surface area (Å²) in [5.41, 5.74) is 5.87. The van der Waals surface area contributed by atoms with Crippen molar-refractivity contribution in [2.75, 3.05) is 0 Å². The van der Waals surface area contributed by atoms with E-state index in [1.54, 1.807) is 18.5 Å². The molecule has 2 N–H and O–H groups in total. The Morgan fingerprint density at radius 3 is 2.79 bits per heavy atom. The molecule has 0 spiro atoms. The van der Waals surface area contributed by atoms with Gasteiger partial charge in [0.25, 0.3) is 0 Å². The number of hydrogen-bond donors (Lipinski definition) is 2. The van der Waals surface area contributed by atoms with E-state index in [4.69, 9.17) is 0 Å². The van der Waals surface area contributed by atoms with E-state index >= 15 is 0 Å². The van der Waals surface area contributed by atoms with Crippen molar-refractivity contribution in [2.45, 2.75) is 12.5 Å². The fourth-order valence-electron chi connectivity index (χ4n) is 2.14. The minimum atomic E-state index is 0.136. The van der Waals surface area contributed by atoms with Crippen molar-refractivity contribution in [3.05, 3.63) is 58.3 Å². The molecular formula is C14H12BrN3O. The minimum absolute atomic E-state index is 0.136. The summed E-state index contributed by atoms with van der Waals surface area (Å²) in [6, 6.07) is 9.43. The molecule has 4 nitrogen and oxygen atoms in total. The molecule has 0 bridgehead atoms. The number of phenolic OH excluding ortho intramolecular Hbond substituents is 1. The van der Waals surface area contributed by atoms with Crippen LogP contribution < -0.4 is 5.43 Å². The van der Waals surface area contributed by atoms with Gasteiger partial charge in [-0.1, -0.05) is 15.9 Å². The molecule has 1 aromatic heterocycles. The summed E-state index contributed by atoms with van der Waals surface area (Å²) >= 11 is 3.41. The molecule has 0 amide bonds. The molecule has 0 saturated heterocycles. The molecule has 1 aliphatic heterocycles. The Morgan fingerprint density at radius 2 is 2.00 bits per heavy atom. The van der Waals surface area contributed by atoms with Crippen LogP contribution in [0.3, 0.4) is 0 Å². The molecule has 1 aromatic carbocycles. The number of hydrazone groups is 1. The van der Waals surface area contributed by atoms with Crippen LogP contribution in [0.2, 0.25) is 0 Å². The molecule has 19 heavy (non-hydrogen) atoms. The number of hydrogen-bond acceptors (Lipinski definition) is 4. The summed E-state index contributed by atoms with van der Waals surface area (Å²) in [7, 11) is 0. The predicted molar refractivity (Wildman–Crippen MR) is 77.1 cm³/mol. The van der Waals surface area contributed by atoms with Gasteiger partial charge in [0.15, 0.2) is 0 Å². The van der Waals surface area contributed by atoms with E-state index in [9.17, 15) is 5.11 Å². The molecule has 2 aromatic rings. The van der Waals surface area contributed by atoms with Gasteiger partial charge in [-0.05, 0) is 35.9 Å². The maximum atomic E-state index is 9.91. The van der Waals surface area contributed by atoms with Crippen LogP contribution in [0.25, 0.3) is 0 Å². The molecule has 1 aliphatic rings. The number of nitrogens with one attached hydrogen (secondary N) is 1. The Kier molecular flexibility index (Phi) is 3.21. The first-order valence-electron chi connectivity index (χ1n) is 5.95. The number of rotatable bonds is 2. The van der Waals surface area contributed by atoms with Crippen molar-refractivity contribution in [2.24, 2.45) is 5.10 Å². The molecule has 0 fully saturated rings. The first-order chi connectivity index (χ1) is 9.24. The van der Waals surface area contributed by atoms with E-state index in [2.05, 4.69) is 31.4 Å². The summed E-state index contributed by atoms with van der Waals surface area (Å²) in [6.07, 6.45) is 4.28. The zero-order chi connectivity index (χ0) is 13.2. The number of phenols is 1. The molecule has 2 heterocycles. The highest BCUT2D eigenvalue weighted by molar-refractivity contribution is 9.10. The van der Waals surface area contributed by atoms with Crippen molar-refractivity contribution >= 4 is 21.6 Å². The summed E-state index contributed by atoms with van der Waals surface area (Å²) in [4.78, 5) is 4.01. The van der Waals surface area contributed by atoms with Crippen molar-refractivity contribution in [1.29, 1.82) is 0 Å². The molecule has 0 radical (unpaired) electrons. The van der Waals surface area contributed by atoms with Gasteiger partial charge in [0.1, 0.15) is 5.75 Å². The smallest absolute Gasteiger partial charge is 0.124 e. The van der Waals surface area contributed by atoms with Crippen molar-refractivity contribution in [1.82, 2.24) is 10.4 Å². The highest BCUT2D eigenvalue weighted by atomic mass is 79.9. The Balaban J connectivity index is 1.84. The van der Waals surface area contributed by atoms with Gasteiger partial charge in [-0.25, -0.2) is 0 Å². The lowest BCUT2D eigenvalue weighted by molar-refractivity contribution is 0.474.